The lowest BCUT2D eigenvalue weighted by Gasteiger charge is -2.18. The summed E-state index contributed by atoms with van der Waals surface area (Å²) in [6, 6.07) is 6.62. The molecule has 0 unspecified atom stereocenters. The molecule has 0 amide bonds. The van der Waals surface area contributed by atoms with Crippen molar-refractivity contribution in [2.45, 2.75) is 38.0 Å². The highest BCUT2D eigenvalue weighted by Crippen LogP contribution is 2.31. The van der Waals surface area contributed by atoms with Crippen LogP contribution in [0.25, 0.3) is 11.4 Å². The Balaban J connectivity index is 1.87. The maximum absolute atomic E-state index is 13.6. The maximum Gasteiger partial charge on any atom is 0.184 e. The van der Waals surface area contributed by atoms with Crippen LogP contribution in [0.15, 0.2) is 24.3 Å². The Labute approximate surface area is 105 Å². The molecular formula is C14H16FN3. The maximum atomic E-state index is 13.6. The van der Waals surface area contributed by atoms with Gasteiger partial charge in [0, 0.05) is 5.92 Å². The third kappa shape index (κ3) is 2.15. The van der Waals surface area contributed by atoms with Crippen LogP contribution in [0.1, 0.15) is 43.8 Å². The van der Waals surface area contributed by atoms with E-state index >= 15 is 0 Å². The van der Waals surface area contributed by atoms with E-state index in [0.29, 0.717) is 17.3 Å². The highest BCUT2D eigenvalue weighted by Gasteiger charge is 2.20. The lowest BCUT2D eigenvalue weighted by atomic mass is 9.89. The van der Waals surface area contributed by atoms with Crippen molar-refractivity contribution in [3.05, 3.63) is 35.9 Å². The zero-order chi connectivity index (χ0) is 12.4. The first-order valence-corrected chi connectivity index (χ1v) is 6.52. The summed E-state index contributed by atoms with van der Waals surface area (Å²) in [5, 5.41) is 7.12. The van der Waals surface area contributed by atoms with Gasteiger partial charge in [0.15, 0.2) is 5.82 Å². The first-order chi connectivity index (χ1) is 8.84. The minimum atomic E-state index is -0.272. The van der Waals surface area contributed by atoms with E-state index in [0.717, 1.165) is 18.7 Å². The number of rotatable bonds is 2. The van der Waals surface area contributed by atoms with Gasteiger partial charge < -0.3 is 0 Å². The molecule has 0 bridgehead atoms. The molecule has 1 aromatic carbocycles. The molecule has 1 fully saturated rings. The fourth-order valence-corrected chi connectivity index (χ4v) is 2.60. The average molecular weight is 245 g/mol. The van der Waals surface area contributed by atoms with Gasteiger partial charge >= 0.3 is 0 Å². The van der Waals surface area contributed by atoms with Crippen LogP contribution in [0, 0.1) is 5.82 Å². The molecule has 1 aliphatic rings. The number of hydrogen-bond acceptors (Lipinski definition) is 2. The van der Waals surface area contributed by atoms with E-state index in [1.807, 2.05) is 0 Å². The predicted molar refractivity (Wildman–Crippen MR) is 67.6 cm³/mol. The van der Waals surface area contributed by atoms with E-state index in [1.165, 1.54) is 25.3 Å². The largest absolute Gasteiger partial charge is 0.262 e. The predicted octanol–water partition coefficient (Wildman–Crippen LogP) is 3.66. The summed E-state index contributed by atoms with van der Waals surface area (Å²) in [5.41, 5.74) is 0.468. The third-order valence-corrected chi connectivity index (χ3v) is 3.61. The summed E-state index contributed by atoms with van der Waals surface area (Å²) in [6.07, 6.45) is 6.13. The Bertz CT molecular complexity index is 529. The molecular weight excluding hydrogens is 229 g/mol. The lowest BCUT2D eigenvalue weighted by molar-refractivity contribution is 0.429. The molecule has 1 aliphatic carbocycles. The molecule has 1 N–H and O–H groups in total. The van der Waals surface area contributed by atoms with E-state index in [2.05, 4.69) is 15.2 Å². The molecule has 0 saturated heterocycles. The Kier molecular flexibility index (Phi) is 3.09. The first kappa shape index (κ1) is 11.4. The van der Waals surface area contributed by atoms with Crippen LogP contribution in [0.3, 0.4) is 0 Å². The van der Waals surface area contributed by atoms with Crippen molar-refractivity contribution >= 4 is 0 Å². The summed E-state index contributed by atoms with van der Waals surface area (Å²) in [4.78, 5) is 4.46. The minimum Gasteiger partial charge on any atom is -0.262 e. The molecule has 1 saturated carbocycles. The Hall–Kier alpha value is -1.71. The Morgan fingerprint density at radius 2 is 1.89 bits per heavy atom. The van der Waals surface area contributed by atoms with E-state index in [9.17, 15) is 4.39 Å². The van der Waals surface area contributed by atoms with Crippen LogP contribution in [0.4, 0.5) is 4.39 Å². The van der Waals surface area contributed by atoms with Crippen LogP contribution in [-0.2, 0) is 0 Å². The fourth-order valence-electron chi connectivity index (χ4n) is 2.60. The van der Waals surface area contributed by atoms with Crippen LogP contribution >= 0.6 is 0 Å². The molecule has 0 spiro atoms. The average Bonchev–Trinajstić information content (AvgIpc) is 2.90. The quantitative estimate of drug-likeness (QED) is 0.877. The van der Waals surface area contributed by atoms with Crippen molar-refractivity contribution in [1.29, 1.82) is 0 Å². The number of benzene rings is 1. The van der Waals surface area contributed by atoms with Crippen molar-refractivity contribution < 1.29 is 4.39 Å². The Morgan fingerprint density at radius 1 is 1.11 bits per heavy atom. The van der Waals surface area contributed by atoms with Gasteiger partial charge in [0.1, 0.15) is 11.6 Å². The Morgan fingerprint density at radius 3 is 2.67 bits per heavy atom. The van der Waals surface area contributed by atoms with Crippen LogP contribution in [-0.4, -0.2) is 15.2 Å². The second-order valence-corrected chi connectivity index (χ2v) is 4.86. The lowest BCUT2D eigenvalue weighted by Crippen LogP contribution is -2.06. The number of nitrogens with one attached hydrogen (secondary N) is 1. The van der Waals surface area contributed by atoms with Crippen molar-refractivity contribution in [2.24, 2.45) is 0 Å². The van der Waals surface area contributed by atoms with E-state index in [-0.39, 0.29) is 5.82 Å². The van der Waals surface area contributed by atoms with E-state index in [1.54, 1.807) is 18.2 Å². The van der Waals surface area contributed by atoms with Crippen LogP contribution < -0.4 is 0 Å². The van der Waals surface area contributed by atoms with E-state index in [4.69, 9.17) is 0 Å². The topological polar surface area (TPSA) is 41.6 Å². The van der Waals surface area contributed by atoms with Crippen LogP contribution in [0.5, 0.6) is 0 Å². The molecule has 1 aromatic heterocycles. The number of aromatic nitrogens is 3. The van der Waals surface area contributed by atoms with Crippen molar-refractivity contribution in [2.75, 3.05) is 0 Å². The van der Waals surface area contributed by atoms with Crippen molar-refractivity contribution in [1.82, 2.24) is 15.2 Å². The van der Waals surface area contributed by atoms with Gasteiger partial charge in [-0.15, -0.1) is 0 Å². The normalized spacial score (nSPS) is 16.9. The second-order valence-electron chi connectivity index (χ2n) is 4.86. The van der Waals surface area contributed by atoms with Gasteiger partial charge in [0.2, 0.25) is 0 Å². The van der Waals surface area contributed by atoms with Crippen LogP contribution in [0.2, 0.25) is 0 Å². The SMILES string of the molecule is Fc1ccccc1-c1n[nH]c(C2CCCCC2)n1. The molecule has 94 valence electrons. The summed E-state index contributed by atoms with van der Waals surface area (Å²) in [7, 11) is 0. The van der Waals surface area contributed by atoms with Gasteiger partial charge in [0.25, 0.3) is 0 Å². The second kappa shape index (κ2) is 4.88. The number of halogens is 1. The molecule has 0 aliphatic heterocycles. The fraction of sp³-hybridized carbons (Fsp3) is 0.429. The zero-order valence-corrected chi connectivity index (χ0v) is 10.2. The minimum absolute atomic E-state index is 0.272. The zero-order valence-electron chi connectivity index (χ0n) is 10.2. The monoisotopic (exact) mass is 245 g/mol. The number of H-pyrrole nitrogens is 1. The van der Waals surface area contributed by atoms with Gasteiger partial charge in [-0.2, -0.15) is 5.10 Å². The van der Waals surface area contributed by atoms with Gasteiger partial charge in [-0.25, -0.2) is 9.37 Å². The summed E-state index contributed by atoms with van der Waals surface area (Å²) in [6.45, 7) is 0. The van der Waals surface area contributed by atoms with Crippen molar-refractivity contribution in [3.8, 4) is 11.4 Å². The number of aromatic amines is 1. The summed E-state index contributed by atoms with van der Waals surface area (Å²) < 4.78 is 13.6. The highest BCUT2D eigenvalue weighted by molar-refractivity contribution is 5.55. The van der Waals surface area contributed by atoms with Gasteiger partial charge in [-0.05, 0) is 25.0 Å². The molecule has 4 heteroatoms. The highest BCUT2D eigenvalue weighted by atomic mass is 19.1. The van der Waals surface area contributed by atoms with Gasteiger partial charge in [-0.1, -0.05) is 31.4 Å². The first-order valence-electron chi connectivity index (χ1n) is 6.52. The molecule has 2 aromatic rings. The molecule has 1 heterocycles. The molecule has 3 rings (SSSR count). The third-order valence-electron chi connectivity index (χ3n) is 3.61. The van der Waals surface area contributed by atoms with Gasteiger partial charge in [-0.3, -0.25) is 5.10 Å². The number of hydrogen-bond donors (Lipinski definition) is 1. The number of nitrogens with zero attached hydrogens (tertiary/aromatic N) is 2. The van der Waals surface area contributed by atoms with E-state index < -0.39 is 0 Å². The molecule has 0 atom stereocenters. The standard InChI is InChI=1S/C14H16FN3/c15-12-9-5-4-8-11(12)14-16-13(17-18-14)10-6-2-1-3-7-10/h4-5,8-10H,1-3,6-7H2,(H,16,17,18). The molecule has 3 nitrogen and oxygen atoms in total. The smallest absolute Gasteiger partial charge is 0.184 e. The summed E-state index contributed by atoms with van der Waals surface area (Å²) in [5.74, 6) is 1.57. The molecule has 0 radical (unpaired) electrons. The van der Waals surface area contributed by atoms with Gasteiger partial charge in [0.05, 0.1) is 5.56 Å². The molecule has 18 heavy (non-hydrogen) atoms. The van der Waals surface area contributed by atoms with Crippen molar-refractivity contribution in [3.63, 3.8) is 0 Å². The summed E-state index contributed by atoms with van der Waals surface area (Å²) >= 11 is 0.